The lowest BCUT2D eigenvalue weighted by molar-refractivity contribution is -0.161. The van der Waals surface area contributed by atoms with Crippen molar-refractivity contribution in [2.45, 2.75) is 77.7 Å². The van der Waals surface area contributed by atoms with E-state index in [1.54, 1.807) is 47.6 Å². The minimum absolute atomic E-state index is 0.221. The smallest absolute Gasteiger partial charge is 0.408 e. The second kappa shape index (κ2) is 6.78. The summed E-state index contributed by atoms with van der Waals surface area (Å²) in [4.78, 5) is 38.6. The van der Waals surface area contributed by atoms with Gasteiger partial charge in [-0.3, -0.25) is 9.69 Å². The summed E-state index contributed by atoms with van der Waals surface area (Å²) in [6.45, 7) is 14.3. The number of allylic oxidation sites excluding steroid dienone is 2. The van der Waals surface area contributed by atoms with Gasteiger partial charge in [-0.2, -0.15) is 0 Å². The predicted octanol–water partition coefficient (Wildman–Crippen LogP) is 2.67. The number of nitrogens with zero attached hydrogens (tertiary/aromatic N) is 1. The van der Waals surface area contributed by atoms with Crippen LogP contribution in [0.1, 0.15) is 54.4 Å². The first-order chi connectivity index (χ1) is 11.8. The summed E-state index contributed by atoms with van der Waals surface area (Å²) in [5.74, 6) is -0.901. The van der Waals surface area contributed by atoms with Crippen LogP contribution in [-0.2, 0) is 19.1 Å². The summed E-state index contributed by atoms with van der Waals surface area (Å²) in [5, 5.41) is 2.61. The van der Waals surface area contributed by atoms with Gasteiger partial charge in [-0.05, 0) is 60.0 Å². The molecule has 2 amide bonds. The van der Waals surface area contributed by atoms with Crippen LogP contribution in [0, 0.1) is 0 Å². The molecule has 0 aromatic carbocycles. The third-order valence-electron chi connectivity index (χ3n) is 3.99. The van der Waals surface area contributed by atoms with Crippen molar-refractivity contribution >= 4 is 18.0 Å². The topological polar surface area (TPSA) is 84.9 Å². The van der Waals surface area contributed by atoms with Gasteiger partial charge in [0.05, 0.1) is 6.04 Å². The Hall–Kier alpha value is -2.31. The Kier molecular flexibility index (Phi) is 5.21. The maximum Gasteiger partial charge on any atom is 0.408 e. The van der Waals surface area contributed by atoms with Crippen LogP contribution in [0.4, 0.5) is 4.79 Å². The number of carbonyl (C=O) groups excluding carboxylic acids is 3. The van der Waals surface area contributed by atoms with Gasteiger partial charge in [-0.25, -0.2) is 9.59 Å². The molecule has 0 aromatic heterocycles. The number of β-lactam (4-membered cyclic amide) rings is 1. The summed E-state index contributed by atoms with van der Waals surface area (Å²) in [5.41, 5.74) is -0.426. The van der Waals surface area contributed by atoms with Crippen LogP contribution < -0.4 is 5.32 Å². The average Bonchev–Trinajstić information content (AvgIpc) is 2.47. The van der Waals surface area contributed by atoms with Crippen molar-refractivity contribution < 1.29 is 23.9 Å². The summed E-state index contributed by atoms with van der Waals surface area (Å²) in [7, 11) is 0. The van der Waals surface area contributed by atoms with E-state index in [9.17, 15) is 14.4 Å². The van der Waals surface area contributed by atoms with Gasteiger partial charge in [-0.1, -0.05) is 12.7 Å². The van der Waals surface area contributed by atoms with E-state index >= 15 is 0 Å². The van der Waals surface area contributed by atoms with Crippen molar-refractivity contribution in [3.05, 3.63) is 23.9 Å². The molecule has 0 spiro atoms. The number of amides is 2. The van der Waals surface area contributed by atoms with Crippen LogP contribution in [-0.4, -0.2) is 46.2 Å². The van der Waals surface area contributed by atoms with Gasteiger partial charge >= 0.3 is 12.1 Å². The highest BCUT2D eigenvalue weighted by Gasteiger charge is 2.54. The maximum absolute atomic E-state index is 12.6. The number of ether oxygens (including phenoxy) is 2. The van der Waals surface area contributed by atoms with Crippen molar-refractivity contribution in [3.8, 4) is 0 Å². The Bertz CT molecular complexity index is 666. The molecule has 0 unspecified atom stereocenters. The maximum atomic E-state index is 12.6. The molecule has 1 saturated heterocycles. The van der Waals surface area contributed by atoms with E-state index in [-0.39, 0.29) is 17.6 Å². The number of carbonyl (C=O) groups is 3. The molecule has 7 heteroatoms. The van der Waals surface area contributed by atoms with Crippen molar-refractivity contribution in [1.82, 2.24) is 10.2 Å². The van der Waals surface area contributed by atoms with Crippen LogP contribution >= 0.6 is 0 Å². The number of rotatable bonds is 3. The van der Waals surface area contributed by atoms with Gasteiger partial charge in [0.2, 0.25) is 0 Å². The van der Waals surface area contributed by atoms with Gasteiger partial charge in [0.25, 0.3) is 5.91 Å². The molecule has 0 saturated carbocycles. The molecule has 0 aromatic rings. The predicted molar refractivity (Wildman–Crippen MR) is 96.1 cm³/mol. The molecule has 2 aliphatic heterocycles. The minimum atomic E-state index is -0.700. The molecule has 2 aliphatic rings. The lowest BCUT2D eigenvalue weighted by Gasteiger charge is -2.50. The number of alkyl carbamates (subject to hydrolysis) is 1. The zero-order chi connectivity index (χ0) is 19.9. The monoisotopic (exact) mass is 364 g/mol. The van der Waals surface area contributed by atoms with E-state index < -0.39 is 29.3 Å². The zero-order valence-electron chi connectivity index (χ0n) is 16.3. The van der Waals surface area contributed by atoms with Crippen molar-refractivity contribution in [3.63, 3.8) is 0 Å². The van der Waals surface area contributed by atoms with Crippen LogP contribution in [0.2, 0.25) is 0 Å². The number of hydrogen-bond acceptors (Lipinski definition) is 5. The zero-order valence-corrected chi connectivity index (χ0v) is 16.3. The van der Waals surface area contributed by atoms with Gasteiger partial charge in [-0.15, -0.1) is 0 Å². The van der Waals surface area contributed by atoms with Crippen LogP contribution in [0.5, 0.6) is 0 Å². The SMILES string of the molecule is C=CC1=C(C(=O)OC(C)(C)C)N2C(=O)[C@@H](NC(=O)OC(C)(C)C)[C@H]2CC1. The summed E-state index contributed by atoms with van der Waals surface area (Å²) >= 11 is 0. The molecule has 26 heavy (non-hydrogen) atoms. The molecule has 7 nitrogen and oxygen atoms in total. The van der Waals surface area contributed by atoms with E-state index in [0.717, 1.165) is 0 Å². The molecule has 1 fully saturated rings. The van der Waals surface area contributed by atoms with Crippen molar-refractivity contribution in [2.75, 3.05) is 0 Å². The van der Waals surface area contributed by atoms with E-state index in [4.69, 9.17) is 9.47 Å². The van der Waals surface area contributed by atoms with E-state index in [0.29, 0.717) is 18.4 Å². The van der Waals surface area contributed by atoms with Crippen LogP contribution in [0.3, 0.4) is 0 Å². The number of nitrogens with one attached hydrogen (secondary N) is 1. The highest BCUT2D eigenvalue weighted by Crippen LogP contribution is 2.38. The molecule has 2 rings (SSSR count). The first kappa shape index (κ1) is 20.0. The highest BCUT2D eigenvalue weighted by molar-refractivity contribution is 6.02. The second-order valence-corrected chi connectivity index (χ2v) is 8.52. The quantitative estimate of drug-likeness (QED) is 0.615. The molecular formula is C19H28N2O5. The van der Waals surface area contributed by atoms with Crippen LogP contribution in [0.25, 0.3) is 0 Å². The Labute approximate surface area is 154 Å². The third kappa shape index (κ3) is 4.26. The average molecular weight is 364 g/mol. The molecular weight excluding hydrogens is 336 g/mol. The number of esters is 1. The lowest BCUT2D eigenvalue weighted by atomic mass is 9.83. The molecule has 144 valence electrons. The normalized spacial score (nSPS) is 23.0. The minimum Gasteiger partial charge on any atom is -0.455 e. The molecule has 0 bridgehead atoms. The fourth-order valence-electron chi connectivity index (χ4n) is 3.04. The highest BCUT2D eigenvalue weighted by atomic mass is 16.6. The Morgan fingerprint density at radius 1 is 1.15 bits per heavy atom. The first-order valence-corrected chi connectivity index (χ1v) is 8.75. The number of fused-ring (bicyclic) bond motifs is 1. The van der Waals surface area contributed by atoms with Gasteiger partial charge < -0.3 is 14.8 Å². The Balaban J connectivity index is 2.17. The van der Waals surface area contributed by atoms with Gasteiger partial charge in [0, 0.05) is 0 Å². The Morgan fingerprint density at radius 2 is 1.73 bits per heavy atom. The molecule has 0 radical (unpaired) electrons. The summed E-state index contributed by atoms with van der Waals surface area (Å²) in [6.07, 6.45) is 2.14. The Morgan fingerprint density at radius 3 is 2.23 bits per heavy atom. The van der Waals surface area contributed by atoms with Crippen molar-refractivity contribution in [1.29, 1.82) is 0 Å². The second-order valence-electron chi connectivity index (χ2n) is 8.52. The third-order valence-corrected chi connectivity index (χ3v) is 3.99. The van der Waals surface area contributed by atoms with Gasteiger partial charge in [0.1, 0.15) is 22.9 Å². The molecule has 1 N–H and O–H groups in total. The molecule has 2 atom stereocenters. The van der Waals surface area contributed by atoms with E-state index in [1.807, 2.05) is 0 Å². The summed E-state index contributed by atoms with van der Waals surface area (Å²) in [6, 6.07) is -0.991. The fourth-order valence-corrected chi connectivity index (χ4v) is 3.04. The molecule has 0 aliphatic carbocycles. The van der Waals surface area contributed by atoms with Gasteiger partial charge in [0.15, 0.2) is 0 Å². The lowest BCUT2D eigenvalue weighted by Crippen LogP contribution is -2.72. The van der Waals surface area contributed by atoms with E-state index in [2.05, 4.69) is 11.9 Å². The number of hydrogen-bond donors (Lipinski definition) is 1. The molecule has 2 heterocycles. The van der Waals surface area contributed by atoms with E-state index in [1.165, 1.54) is 4.90 Å². The van der Waals surface area contributed by atoms with Crippen LogP contribution in [0.15, 0.2) is 23.9 Å². The largest absolute Gasteiger partial charge is 0.455 e. The van der Waals surface area contributed by atoms with Crippen molar-refractivity contribution in [2.24, 2.45) is 0 Å². The fraction of sp³-hybridized carbons (Fsp3) is 0.632. The first-order valence-electron chi connectivity index (χ1n) is 8.75. The summed E-state index contributed by atoms with van der Waals surface area (Å²) < 4.78 is 10.7. The standard InChI is InChI=1S/C19H28N2O5/c1-8-11-9-10-12-13(20-17(24)26-19(5,6)7)15(22)21(12)14(11)16(23)25-18(2,3)4/h8,12-13H,1,9-10H2,2-7H3,(H,20,24)/t12-,13+/m1/s1.